The largest absolute Gasteiger partial charge is 0.416 e. The number of fused-ring (bicyclic) bond motifs is 1. The molecule has 2 aromatic carbocycles. The molecule has 1 N–H and O–H groups in total. The summed E-state index contributed by atoms with van der Waals surface area (Å²) >= 11 is 5.75. The molecule has 0 saturated heterocycles. The van der Waals surface area contributed by atoms with Crippen LogP contribution in [0.2, 0.25) is 5.28 Å². The summed E-state index contributed by atoms with van der Waals surface area (Å²) in [7, 11) is 0. The average molecular weight is 387 g/mol. The van der Waals surface area contributed by atoms with Crippen LogP contribution < -0.4 is 5.32 Å². The van der Waals surface area contributed by atoms with Crippen LogP contribution in [0.3, 0.4) is 0 Å². The zero-order chi connectivity index (χ0) is 19.1. The van der Waals surface area contributed by atoms with E-state index in [9.17, 15) is 27.7 Å². The van der Waals surface area contributed by atoms with Crippen molar-refractivity contribution in [3.63, 3.8) is 0 Å². The van der Waals surface area contributed by atoms with E-state index in [-0.39, 0.29) is 27.7 Å². The van der Waals surface area contributed by atoms with Crippen LogP contribution in [0.25, 0.3) is 10.9 Å². The molecule has 0 radical (unpaired) electrons. The number of aromatic nitrogens is 2. The third kappa shape index (κ3) is 3.49. The number of non-ortho nitro benzene ring substituents is 1. The van der Waals surface area contributed by atoms with E-state index in [2.05, 4.69) is 15.3 Å². The molecular weight excluding hydrogens is 380 g/mol. The summed E-state index contributed by atoms with van der Waals surface area (Å²) in [6.45, 7) is 0. The van der Waals surface area contributed by atoms with Crippen LogP contribution in [0.5, 0.6) is 0 Å². The first-order valence-corrected chi connectivity index (χ1v) is 7.28. The quantitative estimate of drug-likeness (QED) is 0.293. The number of rotatable bonds is 3. The monoisotopic (exact) mass is 386 g/mol. The molecule has 0 aliphatic rings. The number of nitrogens with one attached hydrogen (secondary N) is 1. The Balaban J connectivity index is 2.15. The molecule has 0 aliphatic carbocycles. The zero-order valence-corrected chi connectivity index (χ0v) is 13.3. The standard InChI is InChI=1S/C15H7ClF4N4O2/c16-14-22-11-4-1-7(15(18,19)20)5-9(11)13(23-14)21-12-6-8(24(25)26)2-3-10(12)17/h1-6H,(H,21,22,23). The van der Waals surface area contributed by atoms with Crippen LogP contribution >= 0.6 is 11.6 Å². The Morgan fingerprint density at radius 3 is 2.50 bits per heavy atom. The van der Waals surface area contributed by atoms with Crippen molar-refractivity contribution in [3.8, 4) is 0 Å². The van der Waals surface area contributed by atoms with Crippen LogP contribution in [0.1, 0.15) is 5.56 Å². The molecule has 1 aromatic heterocycles. The Hall–Kier alpha value is -3.01. The molecule has 134 valence electrons. The van der Waals surface area contributed by atoms with Gasteiger partial charge in [-0.3, -0.25) is 10.1 Å². The molecule has 0 spiro atoms. The summed E-state index contributed by atoms with van der Waals surface area (Å²) in [4.78, 5) is 17.7. The molecule has 0 fully saturated rings. The lowest BCUT2D eigenvalue weighted by molar-refractivity contribution is -0.384. The number of halogens is 5. The molecule has 0 unspecified atom stereocenters. The Morgan fingerprint density at radius 1 is 1.12 bits per heavy atom. The summed E-state index contributed by atoms with van der Waals surface area (Å²) in [6.07, 6.45) is -4.61. The van der Waals surface area contributed by atoms with Gasteiger partial charge in [-0.2, -0.15) is 18.2 Å². The van der Waals surface area contributed by atoms with E-state index in [0.29, 0.717) is 0 Å². The SMILES string of the molecule is O=[N+]([O-])c1ccc(F)c(Nc2nc(Cl)nc3ccc(C(F)(F)F)cc23)c1. The maximum Gasteiger partial charge on any atom is 0.416 e. The molecule has 0 amide bonds. The van der Waals surface area contributed by atoms with Crippen molar-refractivity contribution < 1.29 is 22.5 Å². The van der Waals surface area contributed by atoms with E-state index in [1.807, 2.05) is 0 Å². The van der Waals surface area contributed by atoms with E-state index in [4.69, 9.17) is 11.6 Å². The fourth-order valence-electron chi connectivity index (χ4n) is 2.22. The van der Waals surface area contributed by atoms with Gasteiger partial charge in [0.2, 0.25) is 5.28 Å². The van der Waals surface area contributed by atoms with Gasteiger partial charge in [-0.05, 0) is 35.9 Å². The van der Waals surface area contributed by atoms with Crippen LogP contribution in [0.15, 0.2) is 36.4 Å². The van der Waals surface area contributed by atoms with Gasteiger partial charge in [0.15, 0.2) is 0 Å². The highest BCUT2D eigenvalue weighted by Gasteiger charge is 2.31. The van der Waals surface area contributed by atoms with Crippen molar-refractivity contribution >= 4 is 39.7 Å². The number of hydrogen-bond donors (Lipinski definition) is 1. The summed E-state index contributed by atoms with van der Waals surface area (Å²) in [5, 5.41) is 12.9. The minimum Gasteiger partial charge on any atom is -0.337 e. The first kappa shape index (κ1) is 17.8. The third-order valence-electron chi connectivity index (χ3n) is 3.41. The highest BCUT2D eigenvalue weighted by molar-refractivity contribution is 6.28. The van der Waals surface area contributed by atoms with E-state index >= 15 is 0 Å². The smallest absolute Gasteiger partial charge is 0.337 e. The van der Waals surface area contributed by atoms with Gasteiger partial charge in [0.25, 0.3) is 5.69 Å². The maximum absolute atomic E-state index is 13.9. The predicted octanol–water partition coefficient (Wildman–Crippen LogP) is 5.09. The summed E-state index contributed by atoms with van der Waals surface area (Å²) in [5.74, 6) is -1.07. The molecule has 0 saturated carbocycles. The lowest BCUT2D eigenvalue weighted by Gasteiger charge is -2.12. The van der Waals surface area contributed by atoms with Crippen LogP contribution in [-0.2, 0) is 6.18 Å². The summed E-state index contributed by atoms with van der Waals surface area (Å²) < 4.78 is 52.8. The molecular formula is C15H7ClF4N4O2. The van der Waals surface area contributed by atoms with Gasteiger partial charge in [-0.15, -0.1) is 0 Å². The van der Waals surface area contributed by atoms with Crippen molar-refractivity contribution in [3.05, 3.63) is 63.2 Å². The van der Waals surface area contributed by atoms with Gasteiger partial charge in [-0.25, -0.2) is 9.37 Å². The molecule has 6 nitrogen and oxygen atoms in total. The minimum atomic E-state index is -4.61. The second-order valence-electron chi connectivity index (χ2n) is 5.12. The molecule has 11 heteroatoms. The number of benzene rings is 2. The first-order chi connectivity index (χ1) is 12.1. The lowest BCUT2D eigenvalue weighted by Crippen LogP contribution is -2.06. The summed E-state index contributed by atoms with van der Waals surface area (Å²) in [5.41, 5.74) is -1.62. The Kier molecular flexibility index (Phi) is 4.36. The Bertz CT molecular complexity index is 1030. The van der Waals surface area contributed by atoms with E-state index in [1.165, 1.54) is 0 Å². The highest BCUT2D eigenvalue weighted by Crippen LogP contribution is 2.34. The summed E-state index contributed by atoms with van der Waals surface area (Å²) in [6, 6.07) is 5.40. The van der Waals surface area contributed by atoms with Gasteiger partial charge in [-0.1, -0.05) is 0 Å². The van der Waals surface area contributed by atoms with Gasteiger partial charge in [0, 0.05) is 17.5 Å². The molecule has 0 atom stereocenters. The van der Waals surface area contributed by atoms with E-state index < -0.39 is 28.2 Å². The highest BCUT2D eigenvalue weighted by atomic mass is 35.5. The van der Waals surface area contributed by atoms with Crippen molar-refractivity contribution in [1.82, 2.24) is 9.97 Å². The topological polar surface area (TPSA) is 81.0 Å². The van der Waals surface area contributed by atoms with E-state index in [0.717, 1.165) is 36.4 Å². The zero-order valence-electron chi connectivity index (χ0n) is 12.5. The molecule has 3 rings (SSSR count). The van der Waals surface area contributed by atoms with Gasteiger partial charge in [0.05, 0.1) is 21.7 Å². The van der Waals surface area contributed by atoms with Gasteiger partial charge < -0.3 is 5.32 Å². The fourth-order valence-corrected chi connectivity index (χ4v) is 2.40. The average Bonchev–Trinajstić information content (AvgIpc) is 2.55. The van der Waals surface area contributed by atoms with Crippen LogP contribution in [0, 0.1) is 15.9 Å². The van der Waals surface area contributed by atoms with Crippen molar-refractivity contribution in [1.29, 1.82) is 0 Å². The van der Waals surface area contributed by atoms with Crippen LogP contribution in [-0.4, -0.2) is 14.9 Å². The number of anilines is 2. The van der Waals surface area contributed by atoms with E-state index in [1.54, 1.807) is 0 Å². The second-order valence-corrected chi connectivity index (χ2v) is 5.46. The van der Waals surface area contributed by atoms with Crippen LogP contribution in [0.4, 0.5) is 34.8 Å². The van der Waals surface area contributed by atoms with Crippen molar-refractivity contribution in [2.45, 2.75) is 6.18 Å². The molecule has 26 heavy (non-hydrogen) atoms. The van der Waals surface area contributed by atoms with Gasteiger partial charge >= 0.3 is 6.18 Å². The molecule has 0 aliphatic heterocycles. The predicted molar refractivity (Wildman–Crippen MR) is 85.9 cm³/mol. The number of alkyl halides is 3. The molecule has 0 bridgehead atoms. The third-order valence-corrected chi connectivity index (χ3v) is 3.58. The number of nitrogens with zero attached hydrogens (tertiary/aromatic N) is 3. The number of hydrogen-bond acceptors (Lipinski definition) is 5. The van der Waals surface area contributed by atoms with Gasteiger partial charge in [0.1, 0.15) is 11.6 Å². The van der Waals surface area contributed by atoms with Crippen molar-refractivity contribution in [2.24, 2.45) is 0 Å². The fraction of sp³-hybridized carbons (Fsp3) is 0.0667. The Morgan fingerprint density at radius 2 is 1.85 bits per heavy atom. The lowest BCUT2D eigenvalue weighted by atomic mass is 10.1. The Labute approximate surface area is 147 Å². The minimum absolute atomic E-state index is 0.0740. The number of nitro groups is 1. The molecule has 1 heterocycles. The van der Waals surface area contributed by atoms with Crippen molar-refractivity contribution in [2.75, 3.05) is 5.32 Å². The molecule has 3 aromatic rings. The normalized spacial score (nSPS) is 11.6. The number of nitro benzene ring substituents is 1. The second kappa shape index (κ2) is 6.37. The maximum atomic E-state index is 13.9. The first-order valence-electron chi connectivity index (χ1n) is 6.90.